The molecular formula is C27H30BrN3O5S. The molecule has 0 spiro atoms. The number of halogens is 1. The lowest BCUT2D eigenvalue weighted by Gasteiger charge is -2.32. The number of anilines is 1. The van der Waals surface area contributed by atoms with Gasteiger partial charge in [0.2, 0.25) is 11.8 Å². The maximum absolute atomic E-state index is 13.8. The summed E-state index contributed by atoms with van der Waals surface area (Å²) in [5.74, 6) is -0.447. The largest absolute Gasteiger partial charge is 0.497 e. The lowest BCUT2D eigenvalue weighted by atomic mass is 10.1. The van der Waals surface area contributed by atoms with Gasteiger partial charge in [0.05, 0.1) is 17.7 Å². The van der Waals surface area contributed by atoms with Gasteiger partial charge in [0.1, 0.15) is 18.3 Å². The molecule has 37 heavy (non-hydrogen) atoms. The highest BCUT2D eigenvalue weighted by Gasteiger charge is 2.32. The van der Waals surface area contributed by atoms with Crippen molar-refractivity contribution < 1.29 is 22.7 Å². The summed E-state index contributed by atoms with van der Waals surface area (Å²) in [5, 5.41) is 2.57. The van der Waals surface area contributed by atoms with Crippen LogP contribution in [0.15, 0.2) is 82.2 Å². The van der Waals surface area contributed by atoms with Crippen molar-refractivity contribution in [3.05, 3.63) is 88.4 Å². The van der Waals surface area contributed by atoms with Gasteiger partial charge in [-0.15, -0.1) is 0 Å². The van der Waals surface area contributed by atoms with Crippen LogP contribution in [0.4, 0.5) is 5.69 Å². The van der Waals surface area contributed by atoms with E-state index < -0.39 is 28.5 Å². The topological polar surface area (TPSA) is 96.0 Å². The van der Waals surface area contributed by atoms with E-state index in [1.54, 1.807) is 43.3 Å². The minimum Gasteiger partial charge on any atom is -0.497 e. The molecule has 3 rings (SSSR count). The molecule has 10 heteroatoms. The smallest absolute Gasteiger partial charge is 0.264 e. The number of carbonyl (C=O) groups excluding carboxylic acids is 2. The van der Waals surface area contributed by atoms with E-state index >= 15 is 0 Å². The van der Waals surface area contributed by atoms with Crippen LogP contribution in [0.2, 0.25) is 0 Å². The number of nitrogens with zero attached hydrogens (tertiary/aromatic N) is 2. The zero-order valence-corrected chi connectivity index (χ0v) is 23.5. The molecular weight excluding hydrogens is 558 g/mol. The zero-order valence-electron chi connectivity index (χ0n) is 21.1. The number of amides is 2. The lowest BCUT2D eigenvalue weighted by Crippen LogP contribution is -2.50. The third-order valence-corrected chi connectivity index (χ3v) is 8.23. The molecule has 3 aromatic carbocycles. The van der Waals surface area contributed by atoms with Gasteiger partial charge in [-0.05, 0) is 55.8 Å². The lowest BCUT2D eigenvalue weighted by molar-refractivity contribution is -0.139. The predicted octanol–water partition coefficient (Wildman–Crippen LogP) is 4.12. The van der Waals surface area contributed by atoms with Crippen molar-refractivity contribution in [2.45, 2.75) is 31.3 Å². The third-order valence-electron chi connectivity index (χ3n) is 5.91. The van der Waals surface area contributed by atoms with Crippen LogP contribution in [0.1, 0.15) is 18.1 Å². The van der Waals surface area contributed by atoms with E-state index in [1.807, 2.05) is 31.2 Å². The first-order valence-corrected chi connectivity index (χ1v) is 13.8. The average Bonchev–Trinajstić information content (AvgIpc) is 2.90. The van der Waals surface area contributed by atoms with Crippen molar-refractivity contribution >= 4 is 43.5 Å². The summed E-state index contributed by atoms with van der Waals surface area (Å²) in [6.07, 6.45) is 0. The molecule has 0 saturated heterocycles. The summed E-state index contributed by atoms with van der Waals surface area (Å²) in [6, 6.07) is 19.4. The fourth-order valence-corrected chi connectivity index (χ4v) is 5.38. The quantitative estimate of drug-likeness (QED) is 0.385. The van der Waals surface area contributed by atoms with Gasteiger partial charge in [0.25, 0.3) is 10.0 Å². The first-order valence-electron chi connectivity index (χ1n) is 11.6. The number of sulfonamides is 1. The van der Waals surface area contributed by atoms with Crippen LogP contribution < -0.4 is 14.4 Å². The molecule has 2 amide bonds. The molecule has 0 fully saturated rings. The summed E-state index contributed by atoms with van der Waals surface area (Å²) in [6.45, 7) is 3.08. The highest BCUT2D eigenvalue weighted by molar-refractivity contribution is 9.10. The monoisotopic (exact) mass is 587 g/mol. The zero-order chi connectivity index (χ0) is 27.2. The Hall–Kier alpha value is -3.37. The number of nitrogens with one attached hydrogen (secondary N) is 1. The van der Waals surface area contributed by atoms with E-state index in [0.717, 1.165) is 19.9 Å². The minimum atomic E-state index is -4.13. The number of aryl methyl sites for hydroxylation is 1. The van der Waals surface area contributed by atoms with Crippen molar-refractivity contribution in [3.8, 4) is 5.75 Å². The molecule has 0 aromatic heterocycles. The molecule has 196 valence electrons. The molecule has 0 bridgehead atoms. The van der Waals surface area contributed by atoms with Crippen molar-refractivity contribution in [2.75, 3.05) is 25.0 Å². The maximum Gasteiger partial charge on any atom is 0.264 e. The van der Waals surface area contributed by atoms with Gasteiger partial charge in [-0.2, -0.15) is 0 Å². The molecule has 3 aromatic rings. The number of methoxy groups -OCH3 is 1. The predicted molar refractivity (Wildman–Crippen MR) is 147 cm³/mol. The third kappa shape index (κ3) is 6.90. The number of carbonyl (C=O) groups is 2. The Morgan fingerprint density at radius 1 is 1.03 bits per heavy atom. The Balaban J connectivity index is 2.04. The average molecular weight is 589 g/mol. The molecule has 0 aliphatic heterocycles. The summed E-state index contributed by atoms with van der Waals surface area (Å²) in [7, 11) is -1.16. The number of benzene rings is 3. The highest BCUT2D eigenvalue weighted by atomic mass is 79.9. The summed E-state index contributed by atoms with van der Waals surface area (Å²) in [4.78, 5) is 27.7. The summed E-state index contributed by atoms with van der Waals surface area (Å²) in [5.41, 5.74) is 1.97. The number of rotatable bonds is 10. The molecule has 1 atom stereocenters. The highest BCUT2D eigenvalue weighted by Crippen LogP contribution is 2.28. The van der Waals surface area contributed by atoms with E-state index in [4.69, 9.17) is 4.74 Å². The molecule has 8 nitrogen and oxygen atoms in total. The van der Waals surface area contributed by atoms with E-state index in [1.165, 1.54) is 31.2 Å². The maximum atomic E-state index is 13.8. The molecule has 1 N–H and O–H groups in total. The normalized spacial score (nSPS) is 11.9. The van der Waals surface area contributed by atoms with E-state index in [9.17, 15) is 18.0 Å². The SMILES string of the molecule is CNC(=O)C(C)N(Cc1ccc(Br)cc1)C(=O)CN(c1cccc(OC)c1)S(=O)(=O)c1ccc(C)cc1. The van der Waals surface area contributed by atoms with Gasteiger partial charge in [0.15, 0.2) is 0 Å². The summed E-state index contributed by atoms with van der Waals surface area (Å²) >= 11 is 3.39. The Morgan fingerprint density at radius 3 is 2.27 bits per heavy atom. The first-order chi connectivity index (χ1) is 17.6. The first kappa shape index (κ1) is 28.2. The van der Waals surface area contributed by atoms with Gasteiger partial charge < -0.3 is 15.0 Å². The van der Waals surface area contributed by atoms with Crippen LogP contribution >= 0.6 is 15.9 Å². The van der Waals surface area contributed by atoms with Crippen molar-refractivity contribution in [1.82, 2.24) is 10.2 Å². The van der Waals surface area contributed by atoms with Crippen LogP contribution in [0.25, 0.3) is 0 Å². The van der Waals surface area contributed by atoms with Crippen molar-refractivity contribution in [3.63, 3.8) is 0 Å². The molecule has 0 aliphatic carbocycles. The van der Waals surface area contributed by atoms with E-state index in [-0.39, 0.29) is 23.0 Å². The number of hydrogen-bond donors (Lipinski definition) is 1. The fourth-order valence-electron chi connectivity index (χ4n) is 3.71. The Morgan fingerprint density at radius 2 is 1.68 bits per heavy atom. The van der Waals surface area contributed by atoms with Crippen LogP contribution in [-0.2, 0) is 26.2 Å². The van der Waals surface area contributed by atoms with Crippen molar-refractivity contribution in [2.24, 2.45) is 0 Å². The Kier molecular flexibility index (Phi) is 9.34. The second kappa shape index (κ2) is 12.2. The standard InChI is InChI=1S/C27H30BrN3O5S/c1-19-8-14-25(15-9-19)37(34,35)31(23-6-5-7-24(16-23)36-4)18-26(32)30(20(2)27(33)29-3)17-21-10-12-22(28)13-11-21/h5-16,20H,17-18H2,1-4H3,(H,29,33). The molecule has 0 aliphatic rings. The second-order valence-electron chi connectivity index (χ2n) is 8.46. The van der Waals surface area contributed by atoms with Gasteiger partial charge in [0, 0.05) is 24.1 Å². The summed E-state index contributed by atoms with van der Waals surface area (Å²) < 4.78 is 34.8. The van der Waals surface area contributed by atoms with Gasteiger partial charge >= 0.3 is 0 Å². The van der Waals surface area contributed by atoms with E-state index in [2.05, 4.69) is 21.2 Å². The number of likely N-dealkylation sites (N-methyl/N-ethyl adjacent to an activating group) is 1. The van der Waals surface area contributed by atoms with Gasteiger partial charge in [-0.1, -0.05) is 51.8 Å². The van der Waals surface area contributed by atoms with Crippen LogP contribution in [0.3, 0.4) is 0 Å². The molecule has 0 heterocycles. The minimum absolute atomic E-state index is 0.0486. The van der Waals surface area contributed by atoms with Gasteiger partial charge in [-0.25, -0.2) is 8.42 Å². The Bertz CT molecular complexity index is 1350. The number of hydrogen-bond acceptors (Lipinski definition) is 5. The van der Waals surface area contributed by atoms with E-state index in [0.29, 0.717) is 5.75 Å². The molecule has 0 radical (unpaired) electrons. The molecule has 0 saturated carbocycles. The van der Waals surface area contributed by atoms with Crippen LogP contribution in [-0.4, -0.2) is 51.9 Å². The molecule has 1 unspecified atom stereocenters. The van der Waals surface area contributed by atoms with Crippen LogP contribution in [0, 0.1) is 6.92 Å². The fraction of sp³-hybridized carbons (Fsp3) is 0.259. The van der Waals surface area contributed by atoms with Crippen LogP contribution in [0.5, 0.6) is 5.75 Å². The van der Waals surface area contributed by atoms with Crippen molar-refractivity contribution in [1.29, 1.82) is 0 Å². The second-order valence-corrected chi connectivity index (χ2v) is 11.2. The Labute approximate surface area is 226 Å². The van der Waals surface area contributed by atoms with Gasteiger partial charge in [-0.3, -0.25) is 13.9 Å². The number of ether oxygens (including phenoxy) is 1.